The molecule has 0 fully saturated rings. The Kier molecular flexibility index (Phi) is 7.85. The normalized spacial score (nSPS) is 10.7. The molecule has 3 heteroatoms. The molecular formula is C8H13Cl2N. The molecule has 0 spiro atoms. The van der Waals surface area contributed by atoms with Crippen LogP contribution in [0, 0.1) is 0 Å². The van der Waals surface area contributed by atoms with Gasteiger partial charge >= 0.3 is 0 Å². The Labute approximate surface area is 79.8 Å². The molecule has 2 N–H and O–H groups in total. The van der Waals surface area contributed by atoms with Crippen LogP contribution in [0.5, 0.6) is 0 Å². The predicted molar refractivity (Wildman–Crippen MR) is 53.5 cm³/mol. The van der Waals surface area contributed by atoms with E-state index in [-0.39, 0.29) is 30.9 Å². The minimum Gasteiger partial charge on any atom is -0.324 e. The number of hydrogen-bond acceptors (Lipinski definition) is 1. The van der Waals surface area contributed by atoms with Crippen LogP contribution in [0.15, 0.2) is 30.3 Å². The molecule has 11 heavy (non-hydrogen) atoms. The fourth-order valence-corrected chi connectivity index (χ4v) is 0.757. The maximum absolute atomic E-state index is 5.61. The van der Waals surface area contributed by atoms with Crippen LogP contribution in [-0.4, -0.2) is 0 Å². The molecule has 1 rings (SSSR count). The first-order valence-electron chi connectivity index (χ1n) is 3.11. The zero-order valence-electron chi connectivity index (χ0n) is 6.36. The summed E-state index contributed by atoms with van der Waals surface area (Å²) in [6, 6.07) is 10.2. The molecule has 1 aromatic carbocycles. The Morgan fingerprint density at radius 1 is 1.09 bits per heavy atom. The molecule has 0 aromatic heterocycles. The SMILES string of the molecule is CC(N)c1ccccc1.Cl.Cl. The molecule has 0 amide bonds. The van der Waals surface area contributed by atoms with Gasteiger partial charge in [0.05, 0.1) is 0 Å². The van der Waals surface area contributed by atoms with E-state index in [9.17, 15) is 0 Å². The quantitative estimate of drug-likeness (QED) is 0.730. The second kappa shape index (κ2) is 6.47. The zero-order chi connectivity index (χ0) is 6.69. The average molecular weight is 194 g/mol. The van der Waals surface area contributed by atoms with Gasteiger partial charge in [-0.1, -0.05) is 30.3 Å². The third kappa shape index (κ3) is 4.25. The van der Waals surface area contributed by atoms with Gasteiger partial charge in [-0.3, -0.25) is 0 Å². The van der Waals surface area contributed by atoms with Gasteiger partial charge in [0.25, 0.3) is 0 Å². The summed E-state index contributed by atoms with van der Waals surface area (Å²) < 4.78 is 0. The molecule has 1 aromatic rings. The van der Waals surface area contributed by atoms with E-state index in [2.05, 4.69) is 0 Å². The van der Waals surface area contributed by atoms with Crippen molar-refractivity contribution in [1.82, 2.24) is 0 Å². The molecule has 0 saturated heterocycles. The summed E-state index contributed by atoms with van der Waals surface area (Å²) >= 11 is 0. The summed E-state index contributed by atoms with van der Waals surface area (Å²) in [6.45, 7) is 1.98. The van der Waals surface area contributed by atoms with Gasteiger partial charge < -0.3 is 5.73 Å². The Bertz CT molecular complexity index is 175. The van der Waals surface area contributed by atoms with Crippen LogP contribution in [0.1, 0.15) is 18.5 Å². The first-order valence-corrected chi connectivity index (χ1v) is 3.11. The van der Waals surface area contributed by atoms with Gasteiger partial charge in [-0.2, -0.15) is 0 Å². The fourth-order valence-electron chi connectivity index (χ4n) is 0.757. The molecule has 1 unspecified atom stereocenters. The van der Waals surface area contributed by atoms with Crippen LogP contribution in [0.3, 0.4) is 0 Å². The lowest BCUT2D eigenvalue weighted by molar-refractivity contribution is 0.818. The molecule has 0 saturated carbocycles. The maximum Gasteiger partial charge on any atom is 0.0266 e. The van der Waals surface area contributed by atoms with E-state index < -0.39 is 0 Å². The van der Waals surface area contributed by atoms with Crippen molar-refractivity contribution in [2.75, 3.05) is 0 Å². The van der Waals surface area contributed by atoms with E-state index in [4.69, 9.17) is 5.73 Å². The third-order valence-corrected chi connectivity index (χ3v) is 1.33. The van der Waals surface area contributed by atoms with Crippen LogP contribution in [-0.2, 0) is 0 Å². The van der Waals surface area contributed by atoms with Gasteiger partial charge in [-0.25, -0.2) is 0 Å². The second-order valence-electron chi connectivity index (χ2n) is 2.20. The molecular weight excluding hydrogens is 181 g/mol. The molecule has 0 aliphatic carbocycles. The average Bonchev–Trinajstić information content (AvgIpc) is 1.90. The summed E-state index contributed by atoms with van der Waals surface area (Å²) in [6.07, 6.45) is 0. The van der Waals surface area contributed by atoms with Crippen molar-refractivity contribution >= 4 is 24.8 Å². The lowest BCUT2D eigenvalue weighted by Crippen LogP contribution is -2.03. The predicted octanol–water partition coefficient (Wildman–Crippen LogP) is 2.55. The van der Waals surface area contributed by atoms with Gasteiger partial charge in [0.1, 0.15) is 0 Å². The minimum atomic E-state index is 0. The smallest absolute Gasteiger partial charge is 0.0266 e. The van der Waals surface area contributed by atoms with E-state index in [0.717, 1.165) is 0 Å². The van der Waals surface area contributed by atoms with Crippen LogP contribution in [0.4, 0.5) is 0 Å². The highest BCUT2D eigenvalue weighted by Crippen LogP contribution is 2.06. The van der Waals surface area contributed by atoms with E-state index in [1.54, 1.807) is 0 Å². The Morgan fingerprint density at radius 2 is 1.55 bits per heavy atom. The van der Waals surface area contributed by atoms with Crippen molar-refractivity contribution in [3.05, 3.63) is 35.9 Å². The second-order valence-corrected chi connectivity index (χ2v) is 2.20. The van der Waals surface area contributed by atoms with E-state index in [1.165, 1.54) is 5.56 Å². The Morgan fingerprint density at radius 3 is 1.82 bits per heavy atom. The highest BCUT2D eigenvalue weighted by atomic mass is 35.5. The molecule has 1 nitrogen and oxygen atoms in total. The standard InChI is InChI=1S/C8H11N.2ClH/c1-7(9)8-5-3-2-4-6-8;;/h2-7H,9H2,1H3;2*1H. The van der Waals surface area contributed by atoms with E-state index >= 15 is 0 Å². The molecule has 0 heterocycles. The number of rotatable bonds is 1. The van der Waals surface area contributed by atoms with Crippen molar-refractivity contribution in [3.8, 4) is 0 Å². The first-order chi connectivity index (χ1) is 4.30. The van der Waals surface area contributed by atoms with Gasteiger partial charge in [-0.05, 0) is 12.5 Å². The molecule has 0 bridgehead atoms. The van der Waals surface area contributed by atoms with Crippen molar-refractivity contribution in [1.29, 1.82) is 0 Å². The lowest BCUT2D eigenvalue weighted by Gasteiger charge is -2.02. The summed E-state index contributed by atoms with van der Waals surface area (Å²) in [7, 11) is 0. The van der Waals surface area contributed by atoms with Crippen LogP contribution in [0.25, 0.3) is 0 Å². The number of nitrogens with two attached hydrogens (primary N) is 1. The van der Waals surface area contributed by atoms with Crippen molar-refractivity contribution in [2.45, 2.75) is 13.0 Å². The molecule has 1 atom stereocenters. The zero-order valence-corrected chi connectivity index (χ0v) is 7.99. The van der Waals surface area contributed by atoms with Crippen molar-refractivity contribution in [3.63, 3.8) is 0 Å². The van der Waals surface area contributed by atoms with Crippen molar-refractivity contribution in [2.24, 2.45) is 5.73 Å². The highest BCUT2D eigenvalue weighted by molar-refractivity contribution is 5.85. The number of benzene rings is 1. The van der Waals surface area contributed by atoms with Gasteiger partial charge in [-0.15, -0.1) is 24.8 Å². The topological polar surface area (TPSA) is 26.0 Å². The van der Waals surface area contributed by atoms with Crippen LogP contribution < -0.4 is 5.73 Å². The molecule has 0 radical (unpaired) electrons. The highest BCUT2D eigenvalue weighted by Gasteiger charge is 1.93. The summed E-state index contributed by atoms with van der Waals surface area (Å²) in [5, 5.41) is 0. The maximum atomic E-state index is 5.61. The number of hydrogen-bond donors (Lipinski definition) is 1. The largest absolute Gasteiger partial charge is 0.324 e. The lowest BCUT2D eigenvalue weighted by atomic mass is 10.1. The monoisotopic (exact) mass is 193 g/mol. The van der Waals surface area contributed by atoms with E-state index in [1.807, 2.05) is 37.3 Å². The van der Waals surface area contributed by atoms with Gasteiger partial charge in [0.2, 0.25) is 0 Å². The minimum absolute atomic E-state index is 0. The van der Waals surface area contributed by atoms with Gasteiger partial charge in [0, 0.05) is 6.04 Å². The van der Waals surface area contributed by atoms with Crippen LogP contribution in [0.2, 0.25) is 0 Å². The number of halogens is 2. The Hall–Kier alpha value is -0.240. The van der Waals surface area contributed by atoms with Crippen LogP contribution >= 0.6 is 24.8 Å². The van der Waals surface area contributed by atoms with Gasteiger partial charge in [0.15, 0.2) is 0 Å². The Balaban J connectivity index is 0. The third-order valence-electron chi connectivity index (χ3n) is 1.33. The summed E-state index contributed by atoms with van der Waals surface area (Å²) in [5.41, 5.74) is 6.81. The molecule has 64 valence electrons. The summed E-state index contributed by atoms with van der Waals surface area (Å²) in [5.74, 6) is 0. The molecule has 0 aliphatic heterocycles. The fraction of sp³-hybridized carbons (Fsp3) is 0.250. The first kappa shape index (κ1) is 13.4. The molecule has 0 aliphatic rings. The van der Waals surface area contributed by atoms with Crippen molar-refractivity contribution < 1.29 is 0 Å². The van der Waals surface area contributed by atoms with E-state index in [0.29, 0.717) is 0 Å². The summed E-state index contributed by atoms with van der Waals surface area (Å²) in [4.78, 5) is 0.